The molecular weight excluding hydrogens is 417 g/mol. The van der Waals surface area contributed by atoms with Crippen molar-refractivity contribution in [3.8, 4) is 0 Å². The van der Waals surface area contributed by atoms with Gasteiger partial charge >= 0.3 is 6.18 Å². The van der Waals surface area contributed by atoms with Gasteiger partial charge in [-0.05, 0) is 54.0 Å². The maximum absolute atomic E-state index is 12.8. The number of alkyl halides is 3. The van der Waals surface area contributed by atoms with Gasteiger partial charge in [-0.25, -0.2) is 0 Å². The number of nitrogens with zero attached hydrogens (tertiary/aromatic N) is 2. The zero-order valence-corrected chi connectivity index (χ0v) is 16.9. The molecule has 1 unspecified atom stereocenters. The summed E-state index contributed by atoms with van der Waals surface area (Å²) in [6.45, 7) is 1.16. The summed E-state index contributed by atoms with van der Waals surface area (Å²) in [5.74, 6) is 0. The second-order valence-electron chi connectivity index (χ2n) is 7.09. The Labute approximate surface area is 177 Å². The molecule has 2 aliphatic heterocycles. The van der Waals surface area contributed by atoms with Crippen LogP contribution in [0.3, 0.4) is 0 Å². The monoisotopic (exact) mass is 436 g/mol. The van der Waals surface area contributed by atoms with E-state index in [9.17, 15) is 13.2 Å². The highest BCUT2D eigenvalue weighted by Crippen LogP contribution is 2.36. The van der Waals surface area contributed by atoms with Gasteiger partial charge in [0.05, 0.1) is 47.9 Å². The second-order valence-corrected chi connectivity index (χ2v) is 7.50. The average molecular weight is 437 g/mol. The zero-order valence-electron chi connectivity index (χ0n) is 16.1. The highest BCUT2D eigenvalue weighted by atomic mass is 35.5. The summed E-state index contributed by atoms with van der Waals surface area (Å²) in [5, 5.41) is 8.98. The van der Waals surface area contributed by atoms with Gasteiger partial charge < -0.3 is 10.6 Å². The van der Waals surface area contributed by atoms with Gasteiger partial charge in [0.1, 0.15) is 0 Å². The summed E-state index contributed by atoms with van der Waals surface area (Å²) < 4.78 is 38.4. The normalized spacial score (nSPS) is 19.4. The van der Waals surface area contributed by atoms with E-state index in [1.165, 1.54) is 12.1 Å². The molecule has 2 aromatic rings. The van der Waals surface area contributed by atoms with Gasteiger partial charge in [0.2, 0.25) is 0 Å². The first-order valence-electron chi connectivity index (χ1n) is 9.37. The minimum absolute atomic E-state index is 0.0263. The fraction of sp³-hybridized carbons (Fsp3) is 0.286. The molecule has 0 bridgehead atoms. The zero-order chi connectivity index (χ0) is 21.3. The fourth-order valence-corrected chi connectivity index (χ4v) is 3.92. The smallest absolute Gasteiger partial charge is 0.354 e. The van der Waals surface area contributed by atoms with E-state index in [1.807, 2.05) is 12.3 Å². The highest BCUT2D eigenvalue weighted by Gasteiger charge is 2.31. The van der Waals surface area contributed by atoms with Gasteiger partial charge in [0.25, 0.3) is 0 Å². The van der Waals surface area contributed by atoms with Gasteiger partial charge in [-0.15, -0.1) is 0 Å². The van der Waals surface area contributed by atoms with Crippen LogP contribution in [0.2, 0.25) is 5.02 Å². The molecule has 1 aromatic carbocycles. The van der Waals surface area contributed by atoms with E-state index in [4.69, 9.17) is 16.4 Å². The molecule has 0 amide bonds. The molecule has 0 radical (unpaired) electrons. The molecule has 0 spiro atoms. The van der Waals surface area contributed by atoms with E-state index in [2.05, 4.69) is 15.6 Å². The van der Waals surface area contributed by atoms with Crippen molar-refractivity contribution in [3.63, 3.8) is 0 Å². The summed E-state index contributed by atoms with van der Waals surface area (Å²) >= 11 is 6.31. The average Bonchev–Trinajstić information content (AvgIpc) is 2.73. The van der Waals surface area contributed by atoms with Crippen LogP contribution < -0.4 is 10.6 Å². The van der Waals surface area contributed by atoms with Crippen molar-refractivity contribution in [3.05, 3.63) is 81.9 Å². The number of benzene rings is 1. The Morgan fingerprint density at radius 2 is 2.00 bits per heavy atom. The van der Waals surface area contributed by atoms with Crippen LogP contribution >= 0.6 is 11.6 Å². The molecule has 0 saturated heterocycles. The molecule has 4 rings (SSSR count). The van der Waals surface area contributed by atoms with Crippen LogP contribution in [0.15, 0.2) is 65.6 Å². The predicted molar refractivity (Wildman–Crippen MR) is 108 cm³/mol. The third-order valence-electron chi connectivity index (χ3n) is 5.19. The van der Waals surface area contributed by atoms with Crippen LogP contribution in [-0.4, -0.2) is 30.2 Å². The maximum Gasteiger partial charge on any atom is 0.416 e. The minimum atomic E-state index is -4.36. The number of hydrogen-bond donors (Lipinski definition) is 2. The van der Waals surface area contributed by atoms with E-state index >= 15 is 0 Å². The van der Waals surface area contributed by atoms with E-state index in [0.717, 1.165) is 34.7 Å². The Balaban J connectivity index is 1.57. The molecule has 9 heteroatoms. The Morgan fingerprint density at radius 1 is 1.23 bits per heavy atom. The van der Waals surface area contributed by atoms with Crippen LogP contribution in [0.1, 0.15) is 23.7 Å². The van der Waals surface area contributed by atoms with Crippen LogP contribution in [0.25, 0.3) is 0 Å². The van der Waals surface area contributed by atoms with Crippen molar-refractivity contribution in [2.24, 2.45) is 0 Å². The van der Waals surface area contributed by atoms with Crippen LogP contribution in [0, 0.1) is 0 Å². The lowest BCUT2D eigenvalue weighted by atomic mass is 9.90. The summed E-state index contributed by atoms with van der Waals surface area (Å²) in [7, 11) is 1.58. The number of nitrogens with one attached hydrogen (secondary N) is 2. The van der Waals surface area contributed by atoms with Crippen molar-refractivity contribution in [1.29, 1.82) is 0 Å². The number of hydrogen-bond acceptors (Lipinski definition) is 5. The van der Waals surface area contributed by atoms with Crippen molar-refractivity contribution in [1.82, 2.24) is 15.4 Å². The molecule has 3 heterocycles. The predicted octanol–water partition coefficient (Wildman–Crippen LogP) is 4.92. The summed E-state index contributed by atoms with van der Waals surface area (Å²) in [6.07, 6.45) is -0.142. The number of anilines is 1. The summed E-state index contributed by atoms with van der Waals surface area (Å²) in [4.78, 5) is 9.82. The fourth-order valence-electron chi connectivity index (χ4n) is 3.66. The molecule has 0 saturated carbocycles. The van der Waals surface area contributed by atoms with Gasteiger partial charge in [-0.1, -0.05) is 11.6 Å². The third kappa shape index (κ3) is 4.30. The molecule has 1 atom stereocenters. The minimum Gasteiger partial charge on any atom is -0.354 e. The van der Waals surface area contributed by atoms with Crippen molar-refractivity contribution in [2.45, 2.75) is 18.6 Å². The van der Waals surface area contributed by atoms with Gasteiger partial charge in [-0.3, -0.25) is 14.9 Å². The van der Waals surface area contributed by atoms with Crippen LogP contribution in [0.4, 0.5) is 18.9 Å². The number of rotatable bonds is 4. The van der Waals surface area contributed by atoms with Gasteiger partial charge in [0, 0.05) is 18.4 Å². The first kappa shape index (κ1) is 20.7. The Kier molecular flexibility index (Phi) is 5.73. The lowest BCUT2D eigenvalue weighted by Crippen LogP contribution is -2.37. The Bertz CT molecular complexity index is 988. The van der Waals surface area contributed by atoms with Gasteiger partial charge in [0.15, 0.2) is 0 Å². The largest absolute Gasteiger partial charge is 0.416 e. The van der Waals surface area contributed by atoms with Crippen LogP contribution in [0.5, 0.6) is 0 Å². The first-order valence-corrected chi connectivity index (χ1v) is 9.75. The van der Waals surface area contributed by atoms with Crippen molar-refractivity contribution in [2.75, 3.05) is 25.5 Å². The van der Waals surface area contributed by atoms with E-state index in [-0.39, 0.29) is 6.04 Å². The number of hydroxylamine groups is 2. The molecule has 2 aliphatic rings. The third-order valence-corrected chi connectivity index (χ3v) is 5.51. The topological polar surface area (TPSA) is 49.4 Å². The van der Waals surface area contributed by atoms with E-state index in [0.29, 0.717) is 30.2 Å². The first-order chi connectivity index (χ1) is 14.3. The van der Waals surface area contributed by atoms with Crippen molar-refractivity contribution < 1.29 is 18.0 Å². The maximum atomic E-state index is 12.8. The van der Waals surface area contributed by atoms with E-state index < -0.39 is 11.7 Å². The standard InChI is InChI=1S/C21H20ClF3N4O/c1-30-29-11-13-9-18(20-17(22)3-2-8-26-20)27-10-16(13)19(12-29)28-15-6-4-14(5-7-15)21(23,24)25/h2-8,12,18,27-28H,9-11H2,1H3. The second kappa shape index (κ2) is 8.29. The number of aromatic nitrogens is 1. The Hall–Kier alpha value is -2.55. The van der Waals surface area contributed by atoms with Gasteiger partial charge in [-0.2, -0.15) is 13.2 Å². The molecule has 30 heavy (non-hydrogen) atoms. The molecule has 0 fully saturated rings. The molecule has 1 aromatic heterocycles. The Morgan fingerprint density at radius 3 is 2.67 bits per heavy atom. The van der Waals surface area contributed by atoms with Crippen LogP contribution in [-0.2, 0) is 11.0 Å². The lowest BCUT2D eigenvalue weighted by Gasteiger charge is -2.35. The number of pyridine rings is 1. The van der Waals surface area contributed by atoms with Crippen molar-refractivity contribution >= 4 is 17.3 Å². The molecular formula is C21H20ClF3N4O. The SMILES string of the molecule is CON1C=C(Nc2ccc(C(F)(F)F)cc2)C2=C(CC(c3ncccc3Cl)NC2)C1. The molecule has 0 aliphatic carbocycles. The lowest BCUT2D eigenvalue weighted by molar-refractivity contribution is -0.137. The molecule has 5 nitrogen and oxygen atoms in total. The summed E-state index contributed by atoms with van der Waals surface area (Å²) in [5.41, 5.74) is 3.66. The number of halogens is 4. The quantitative estimate of drug-likeness (QED) is 0.712. The molecule has 158 valence electrons. The molecule has 2 N–H and O–H groups in total. The van der Waals surface area contributed by atoms with E-state index in [1.54, 1.807) is 24.4 Å². The highest BCUT2D eigenvalue weighted by molar-refractivity contribution is 6.31. The summed E-state index contributed by atoms with van der Waals surface area (Å²) in [6, 6.07) is 8.55.